The number of aldehydes is 1. The van der Waals surface area contributed by atoms with Crippen molar-refractivity contribution in [3.63, 3.8) is 0 Å². The van der Waals surface area contributed by atoms with Crippen molar-refractivity contribution in [1.82, 2.24) is 0 Å². The molecule has 0 aromatic rings. The first-order valence-electron chi connectivity index (χ1n) is 6.72. The van der Waals surface area contributed by atoms with Gasteiger partial charge in [0.15, 0.2) is 8.32 Å². The predicted octanol–water partition coefficient (Wildman–Crippen LogP) is 4.01. The molecule has 0 saturated carbocycles. The van der Waals surface area contributed by atoms with Crippen LogP contribution in [0, 0.1) is 5.92 Å². The number of carbonyl (C=O) groups is 1. The summed E-state index contributed by atoms with van der Waals surface area (Å²) in [5.74, 6) is 0.0384. The Bertz CT molecular complexity index is 182. The van der Waals surface area contributed by atoms with Gasteiger partial charge in [0, 0.05) is 5.92 Å². The van der Waals surface area contributed by atoms with Gasteiger partial charge in [-0.1, -0.05) is 41.0 Å². The van der Waals surface area contributed by atoms with Gasteiger partial charge in [0.1, 0.15) is 6.29 Å². The van der Waals surface area contributed by atoms with E-state index in [4.69, 9.17) is 4.43 Å². The Morgan fingerprint density at radius 3 is 1.94 bits per heavy atom. The van der Waals surface area contributed by atoms with Crippen LogP contribution in [0.4, 0.5) is 0 Å². The van der Waals surface area contributed by atoms with Crippen molar-refractivity contribution in [3.8, 4) is 0 Å². The largest absolute Gasteiger partial charge is 0.413 e. The fraction of sp³-hybridized carbons (Fsp3) is 0.923. The molecule has 2 nitrogen and oxygen atoms in total. The summed E-state index contributed by atoms with van der Waals surface area (Å²) in [7, 11) is -1.56. The van der Waals surface area contributed by atoms with Crippen LogP contribution in [0.15, 0.2) is 0 Å². The van der Waals surface area contributed by atoms with Crippen LogP contribution < -0.4 is 0 Å². The topological polar surface area (TPSA) is 26.3 Å². The van der Waals surface area contributed by atoms with Gasteiger partial charge in [0.05, 0.1) is 6.10 Å². The summed E-state index contributed by atoms with van der Waals surface area (Å²) in [6.07, 6.45) is 3.29. The Balaban J connectivity index is 4.62. The van der Waals surface area contributed by atoms with Crippen molar-refractivity contribution in [3.05, 3.63) is 0 Å². The summed E-state index contributed by atoms with van der Waals surface area (Å²) in [5.41, 5.74) is 0. The molecular formula is C13H28O2Si. The summed E-state index contributed by atoms with van der Waals surface area (Å²) in [6.45, 7) is 10.8. The molecule has 0 saturated heterocycles. The average Bonchev–Trinajstić information content (AvgIpc) is 2.34. The molecule has 3 heteroatoms. The minimum absolute atomic E-state index is 0.0384. The molecule has 2 atom stereocenters. The summed E-state index contributed by atoms with van der Waals surface area (Å²) >= 11 is 0. The van der Waals surface area contributed by atoms with Crippen LogP contribution in [0.1, 0.15) is 47.5 Å². The second-order valence-corrected chi connectivity index (χ2v) is 9.41. The lowest BCUT2D eigenvalue weighted by Crippen LogP contribution is -2.42. The maximum Gasteiger partial charge on any atom is 0.192 e. The fourth-order valence-corrected chi connectivity index (χ4v) is 5.10. The molecule has 0 radical (unpaired) electrons. The summed E-state index contributed by atoms with van der Waals surface area (Å²) in [6, 6.07) is 3.48. The second kappa shape index (κ2) is 8.01. The van der Waals surface area contributed by atoms with Crippen LogP contribution in [0.25, 0.3) is 0 Å². The molecule has 0 aromatic carbocycles. The Kier molecular flexibility index (Phi) is 7.94. The van der Waals surface area contributed by atoms with Crippen molar-refractivity contribution in [2.75, 3.05) is 0 Å². The zero-order valence-electron chi connectivity index (χ0n) is 11.6. The van der Waals surface area contributed by atoms with Gasteiger partial charge in [-0.15, -0.1) is 0 Å². The van der Waals surface area contributed by atoms with Gasteiger partial charge in [-0.25, -0.2) is 0 Å². The van der Waals surface area contributed by atoms with Gasteiger partial charge in [0.25, 0.3) is 0 Å². The van der Waals surface area contributed by atoms with E-state index in [-0.39, 0.29) is 12.0 Å². The third kappa shape index (κ3) is 4.38. The molecule has 0 aliphatic rings. The highest BCUT2D eigenvalue weighted by Gasteiger charge is 2.33. The molecule has 0 amide bonds. The third-order valence-electron chi connectivity index (χ3n) is 3.71. The first-order valence-corrected chi connectivity index (χ1v) is 9.25. The Labute approximate surface area is 102 Å². The number of hydrogen-bond donors (Lipinski definition) is 0. The molecule has 0 spiro atoms. The Morgan fingerprint density at radius 2 is 1.62 bits per heavy atom. The quantitative estimate of drug-likeness (QED) is 0.452. The van der Waals surface area contributed by atoms with Crippen LogP contribution in [0.5, 0.6) is 0 Å². The zero-order chi connectivity index (χ0) is 12.6. The molecule has 0 bridgehead atoms. The highest BCUT2D eigenvalue weighted by Crippen LogP contribution is 2.27. The molecule has 0 heterocycles. The van der Waals surface area contributed by atoms with Crippen molar-refractivity contribution in [2.45, 2.75) is 71.7 Å². The Hall–Kier alpha value is -0.153. The van der Waals surface area contributed by atoms with E-state index in [0.29, 0.717) is 0 Å². The molecule has 0 rings (SSSR count). The van der Waals surface area contributed by atoms with Crippen LogP contribution in [-0.4, -0.2) is 20.7 Å². The molecule has 96 valence electrons. The summed E-state index contributed by atoms with van der Waals surface area (Å²) < 4.78 is 6.39. The van der Waals surface area contributed by atoms with E-state index in [1.807, 2.05) is 6.92 Å². The smallest absolute Gasteiger partial charge is 0.192 e. The van der Waals surface area contributed by atoms with Crippen LogP contribution >= 0.6 is 0 Å². The normalized spacial score (nSPS) is 15.8. The zero-order valence-corrected chi connectivity index (χ0v) is 12.6. The molecule has 0 fully saturated rings. The molecule has 0 aliphatic carbocycles. The SMILES string of the molecule is CCC[C@H](O[Si](CC)(CC)CC)[C@H](C)C=O. The van der Waals surface area contributed by atoms with E-state index in [0.717, 1.165) is 37.3 Å². The molecule has 0 aromatic heterocycles. The fourth-order valence-electron chi connectivity index (χ4n) is 2.12. The highest BCUT2D eigenvalue weighted by atomic mass is 28.4. The maximum absolute atomic E-state index is 10.9. The van der Waals surface area contributed by atoms with Crippen molar-refractivity contribution in [1.29, 1.82) is 0 Å². The second-order valence-electron chi connectivity index (χ2n) is 4.68. The molecule has 0 unspecified atom stereocenters. The van der Waals surface area contributed by atoms with Crippen molar-refractivity contribution in [2.24, 2.45) is 5.92 Å². The Morgan fingerprint density at radius 1 is 1.12 bits per heavy atom. The van der Waals surface area contributed by atoms with E-state index in [1.165, 1.54) is 0 Å². The van der Waals surface area contributed by atoms with Gasteiger partial charge < -0.3 is 9.22 Å². The van der Waals surface area contributed by atoms with Crippen LogP contribution in [-0.2, 0) is 9.22 Å². The third-order valence-corrected chi connectivity index (χ3v) is 8.38. The van der Waals surface area contributed by atoms with Crippen molar-refractivity contribution < 1.29 is 9.22 Å². The first kappa shape index (κ1) is 15.8. The van der Waals surface area contributed by atoms with E-state index in [2.05, 4.69) is 27.7 Å². The van der Waals surface area contributed by atoms with E-state index < -0.39 is 8.32 Å². The lowest BCUT2D eigenvalue weighted by molar-refractivity contribution is -0.113. The van der Waals surface area contributed by atoms with Crippen LogP contribution in [0.3, 0.4) is 0 Å². The van der Waals surface area contributed by atoms with E-state index >= 15 is 0 Å². The van der Waals surface area contributed by atoms with E-state index in [1.54, 1.807) is 0 Å². The summed E-state index contributed by atoms with van der Waals surface area (Å²) in [5, 5.41) is 0. The predicted molar refractivity (Wildman–Crippen MR) is 72.2 cm³/mol. The minimum atomic E-state index is -1.56. The van der Waals surface area contributed by atoms with Crippen LogP contribution in [0.2, 0.25) is 18.1 Å². The highest BCUT2D eigenvalue weighted by molar-refractivity contribution is 6.73. The van der Waals surface area contributed by atoms with Gasteiger partial charge >= 0.3 is 0 Å². The molecular weight excluding hydrogens is 216 g/mol. The van der Waals surface area contributed by atoms with Gasteiger partial charge in [-0.05, 0) is 24.6 Å². The number of carbonyl (C=O) groups excluding carboxylic acids is 1. The number of rotatable bonds is 9. The first-order chi connectivity index (χ1) is 7.59. The average molecular weight is 244 g/mol. The molecule has 0 aliphatic heterocycles. The monoisotopic (exact) mass is 244 g/mol. The lowest BCUT2D eigenvalue weighted by atomic mass is 10.0. The van der Waals surface area contributed by atoms with Gasteiger partial charge in [0.2, 0.25) is 0 Å². The van der Waals surface area contributed by atoms with Gasteiger partial charge in [-0.2, -0.15) is 0 Å². The lowest BCUT2D eigenvalue weighted by Gasteiger charge is -2.34. The van der Waals surface area contributed by atoms with Crippen molar-refractivity contribution >= 4 is 14.6 Å². The molecule has 16 heavy (non-hydrogen) atoms. The molecule has 0 N–H and O–H groups in total. The van der Waals surface area contributed by atoms with Gasteiger partial charge in [-0.3, -0.25) is 0 Å². The standard InChI is InChI=1S/C13H28O2Si/c1-6-10-13(12(5)11-14)15-16(7-2,8-3)9-4/h11-13H,6-10H2,1-5H3/t12-,13+/m1/s1. The maximum atomic E-state index is 10.9. The summed E-state index contributed by atoms with van der Waals surface area (Å²) in [4.78, 5) is 10.9. The number of hydrogen-bond acceptors (Lipinski definition) is 2. The van der Waals surface area contributed by atoms with E-state index in [9.17, 15) is 4.79 Å². The minimum Gasteiger partial charge on any atom is -0.413 e.